The third-order valence-electron chi connectivity index (χ3n) is 6.02. The summed E-state index contributed by atoms with van der Waals surface area (Å²) in [6.45, 7) is 1.19. The maximum Gasteiger partial charge on any atom is 0.306 e. The second-order valence-electron chi connectivity index (χ2n) is 8.25. The van der Waals surface area contributed by atoms with Gasteiger partial charge in [0.15, 0.2) is 0 Å². The van der Waals surface area contributed by atoms with Crippen LogP contribution in [0.3, 0.4) is 0 Å². The fraction of sp³-hybridized carbons (Fsp3) is 0.222. The Kier molecular flexibility index (Phi) is 6.22. The first kappa shape index (κ1) is 22.4. The molecule has 0 unspecified atom stereocenters. The van der Waals surface area contributed by atoms with Crippen LogP contribution in [0.5, 0.6) is 0 Å². The van der Waals surface area contributed by atoms with Crippen molar-refractivity contribution in [3.05, 3.63) is 95.5 Å². The van der Waals surface area contributed by atoms with Gasteiger partial charge in [0.05, 0.1) is 24.6 Å². The van der Waals surface area contributed by atoms with Crippen molar-refractivity contribution in [2.24, 2.45) is 0 Å². The highest BCUT2D eigenvalue weighted by Gasteiger charge is 2.39. The van der Waals surface area contributed by atoms with Crippen LogP contribution in [0.4, 0.5) is 4.39 Å². The molecule has 1 N–H and O–H groups in total. The number of ether oxygens (including phenoxy) is 1. The van der Waals surface area contributed by atoms with Crippen molar-refractivity contribution in [3.8, 4) is 10.6 Å². The third kappa shape index (κ3) is 4.49. The van der Waals surface area contributed by atoms with Crippen molar-refractivity contribution in [3.63, 3.8) is 0 Å². The van der Waals surface area contributed by atoms with E-state index >= 15 is 0 Å². The number of nitrogens with zero attached hydrogens (tertiary/aromatic N) is 2. The summed E-state index contributed by atoms with van der Waals surface area (Å²) in [7, 11) is 1.37. The lowest BCUT2D eigenvalue weighted by atomic mass is 9.89. The summed E-state index contributed by atoms with van der Waals surface area (Å²) in [4.78, 5) is 21.5. The number of hydrogen-bond acceptors (Lipinski definition) is 6. The van der Waals surface area contributed by atoms with Gasteiger partial charge in [0.2, 0.25) is 0 Å². The number of aromatic nitrogens is 2. The van der Waals surface area contributed by atoms with Gasteiger partial charge >= 0.3 is 5.97 Å². The molecule has 4 aromatic rings. The zero-order valence-electron chi connectivity index (χ0n) is 18.8. The molecule has 2 heterocycles. The number of halogens is 1. The molecule has 1 aliphatic carbocycles. The lowest BCUT2D eigenvalue weighted by molar-refractivity contribution is -0.140. The zero-order chi connectivity index (χ0) is 23.5. The highest BCUT2D eigenvalue weighted by molar-refractivity contribution is 7.21. The molecule has 0 saturated carbocycles. The summed E-state index contributed by atoms with van der Waals surface area (Å²) < 4.78 is 19.6. The second-order valence-corrected chi connectivity index (χ2v) is 9.23. The van der Waals surface area contributed by atoms with Gasteiger partial charge < -0.3 is 10.1 Å². The fourth-order valence-corrected chi connectivity index (χ4v) is 4.97. The number of methoxy groups -OCH3 is 1. The van der Waals surface area contributed by atoms with Gasteiger partial charge in [-0.1, -0.05) is 59.9 Å². The Hall–Kier alpha value is -3.42. The largest absolute Gasteiger partial charge is 0.469 e. The third-order valence-corrected chi connectivity index (χ3v) is 7.02. The van der Waals surface area contributed by atoms with E-state index in [2.05, 4.69) is 39.3 Å². The maximum absolute atomic E-state index is 14.9. The Labute approximate surface area is 201 Å². The molecule has 2 aromatic carbocycles. The minimum atomic E-state index is -0.295. The number of hydrogen-bond donors (Lipinski definition) is 1. The maximum atomic E-state index is 14.9. The molecule has 172 valence electrons. The lowest BCUT2D eigenvalue weighted by Gasteiger charge is -2.15. The molecule has 0 bridgehead atoms. The quantitative estimate of drug-likeness (QED) is 0.209. The molecule has 2 aromatic heterocycles. The SMILES string of the molecule is COC(=O)CCNCCc1ccc(-c2nc3ccc(C4(c5ccccc5)C=C4)nc3s2)c(F)c1. The molecule has 5 nitrogen and oxygen atoms in total. The first-order valence-corrected chi connectivity index (χ1v) is 12.0. The van der Waals surface area contributed by atoms with Crippen LogP contribution in [0.15, 0.2) is 72.8 Å². The monoisotopic (exact) mass is 473 g/mol. The number of rotatable bonds is 9. The van der Waals surface area contributed by atoms with Crippen LogP contribution in [0.1, 0.15) is 23.2 Å². The van der Waals surface area contributed by atoms with Crippen molar-refractivity contribution in [2.45, 2.75) is 18.3 Å². The van der Waals surface area contributed by atoms with Gasteiger partial charge in [-0.3, -0.25) is 4.79 Å². The van der Waals surface area contributed by atoms with Gasteiger partial charge in [-0.05, 0) is 48.4 Å². The fourth-order valence-electron chi connectivity index (χ4n) is 4.01. The highest BCUT2D eigenvalue weighted by atomic mass is 32.1. The molecule has 0 spiro atoms. The van der Waals surface area contributed by atoms with Crippen LogP contribution in [-0.2, 0) is 21.4 Å². The van der Waals surface area contributed by atoms with Gasteiger partial charge in [0, 0.05) is 12.1 Å². The van der Waals surface area contributed by atoms with Gasteiger partial charge in [0.25, 0.3) is 0 Å². The first-order chi connectivity index (χ1) is 16.6. The molecule has 34 heavy (non-hydrogen) atoms. The predicted molar refractivity (Wildman–Crippen MR) is 132 cm³/mol. The molecule has 0 saturated heterocycles. The van der Waals surface area contributed by atoms with Crippen LogP contribution in [0.2, 0.25) is 0 Å². The van der Waals surface area contributed by atoms with Crippen LogP contribution in [0.25, 0.3) is 20.9 Å². The highest BCUT2D eigenvalue weighted by Crippen LogP contribution is 2.45. The van der Waals surface area contributed by atoms with Crippen molar-refractivity contribution >= 4 is 27.7 Å². The Morgan fingerprint density at radius 1 is 1.06 bits per heavy atom. The van der Waals surface area contributed by atoms with E-state index in [9.17, 15) is 9.18 Å². The normalized spacial score (nSPS) is 13.8. The van der Waals surface area contributed by atoms with E-state index in [0.29, 0.717) is 36.5 Å². The van der Waals surface area contributed by atoms with E-state index in [0.717, 1.165) is 21.6 Å². The number of nitrogens with one attached hydrogen (secondary N) is 1. The minimum Gasteiger partial charge on any atom is -0.469 e. The Morgan fingerprint density at radius 2 is 1.88 bits per heavy atom. The summed E-state index contributed by atoms with van der Waals surface area (Å²) >= 11 is 1.41. The standard InChI is InChI=1S/C27H24FN3O2S/c1-33-24(32)12-16-29-15-11-18-7-8-20(21(28)17-18)25-30-22-9-10-23(31-26(22)34-25)27(13-14-27)19-5-3-2-4-6-19/h2-10,13-14,17,29H,11-12,15-16H2,1H3. The van der Waals surface area contributed by atoms with E-state index in [1.165, 1.54) is 24.0 Å². The number of allylic oxidation sites excluding steroid dienone is 2. The summed E-state index contributed by atoms with van der Waals surface area (Å²) in [6.07, 6.45) is 5.29. The number of thiazole rings is 1. The van der Waals surface area contributed by atoms with E-state index in [-0.39, 0.29) is 17.2 Å². The van der Waals surface area contributed by atoms with Crippen LogP contribution < -0.4 is 5.32 Å². The Bertz CT molecular complexity index is 1360. The predicted octanol–water partition coefficient (Wildman–Crippen LogP) is 5.05. The molecule has 1 aliphatic rings. The number of carbonyl (C=O) groups is 1. The molecule has 0 atom stereocenters. The Morgan fingerprint density at radius 3 is 2.62 bits per heavy atom. The average molecular weight is 474 g/mol. The minimum absolute atomic E-state index is 0.246. The summed E-state index contributed by atoms with van der Waals surface area (Å²) in [5.41, 5.74) is 4.03. The summed E-state index contributed by atoms with van der Waals surface area (Å²) in [5.74, 6) is -0.542. The van der Waals surface area contributed by atoms with Crippen LogP contribution in [-0.4, -0.2) is 36.1 Å². The van der Waals surface area contributed by atoms with Gasteiger partial charge in [-0.2, -0.15) is 0 Å². The number of fused-ring (bicyclic) bond motifs is 1. The first-order valence-electron chi connectivity index (χ1n) is 11.2. The van der Waals surface area contributed by atoms with Crippen LogP contribution >= 0.6 is 11.3 Å². The lowest BCUT2D eigenvalue weighted by Crippen LogP contribution is -2.21. The van der Waals surface area contributed by atoms with E-state index in [4.69, 9.17) is 4.98 Å². The number of benzene rings is 2. The van der Waals surface area contributed by atoms with E-state index in [1.54, 1.807) is 12.1 Å². The topological polar surface area (TPSA) is 64.1 Å². The number of esters is 1. The van der Waals surface area contributed by atoms with E-state index < -0.39 is 0 Å². The molecular weight excluding hydrogens is 449 g/mol. The zero-order valence-corrected chi connectivity index (χ0v) is 19.6. The molecular formula is C27H24FN3O2S. The molecule has 0 radical (unpaired) electrons. The van der Waals surface area contributed by atoms with Gasteiger partial charge in [0.1, 0.15) is 21.2 Å². The summed E-state index contributed by atoms with van der Waals surface area (Å²) in [5, 5.41) is 3.79. The number of pyridine rings is 1. The number of carbonyl (C=O) groups excluding carboxylic acids is 1. The van der Waals surface area contributed by atoms with Crippen LogP contribution in [0, 0.1) is 5.82 Å². The van der Waals surface area contributed by atoms with Gasteiger partial charge in [-0.25, -0.2) is 14.4 Å². The smallest absolute Gasteiger partial charge is 0.306 e. The molecule has 7 heteroatoms. The molecule has 5 rings (SSSR count). The second kappa shape index (κ2) is 9.44. The molecule has 0 amide bonds. The molecule has 0 fully saturated rings. The van der Waals surface area contributed by atoms with Crippen molar-refractivity contribution in [2.75, 3.05) is 20.2 Å². The Balaban J connectivity index is 1.30. The van der Waals surface area contributed by atoms with E-state index in [1.807, 2.05) is 36.4 Å². The summed E-state index contributed by atoms with van der Waals surface area (Å²) in [6, 6.07) is 19.5. The van der Waals surface area contributed by atoms with Crippen molar-refractivity contribution < 1.29 is 13.9 Å². The molecule has 0 aliphatic heterocycles. The van der Waals surface area contributed by atoms with Gasteiger partial charge in [-0.15, -0.1) is 0 Å². The van der Waals surface area contributed by atoms with Crippen molar-refractivity contribution in [1.82, 2.24) is 15.3 Å². The average Bonchev–Trinajstić information content (AvgIpc) is 3.57. The van der Waals surface area contributed by atoms with Crippen molar-refractivity contribution in [1.29, 1.82) is 0 Å².